The topological polar surface area (TPSA) is 15.3 Å². The van der Waals surface area contributed by atoms with Gasteiger partial charge < -0.3 is 18.6 Å². The molecular weight excluding hydrogens is 993 g/mol. The predicted molar refractivity (Wildman–Crippen MR) is 347 cm³/mol. The number of hydrogen-bond acceptors (Lipinski definition) is 2. The van der Waals surface area contributed by atoms with E-state index in [1.54, 1.807) is 0 Å². The number of benzene rings is 13. The molecule has 0 spiro atoms. The van der Waals surface area contributed by atoms with Gasteiger partial charge in [0.05, 0.1) is 58.2 Å². The van der Waals surface area contributed by atoms with Gasteiger partial charge in [0.2, 0.25) is 0 Å². The number of fused-ring (bicyclic) bond motifs is 12. The number of hydrogen-bond donors (Lipinski definition) is 0. The maximum atomic E-state index is 9.64. The Morgan fingerprint density at radius 1 is 0.256 bits per heavy atom. The molecule has 0 unspecified atom stereocenters. The van der Waals surface area contributed by atoms with Crippen molar-refractivity contribution in [2.75, 3.05) is 9.80 Å². The molecule has 4 heteroatoms. The molecule has 4 heterocycles. The van der Waals surface area contributed by atoms with Crippen molar-refractivity contribution in [3.05, 3.63) is 303 Å². The minimum atomic E-state index is -0.479. The molecule has 4 nitrogen and oxygen atoms in total. The lowest BCUT2D eigenvalue weighted by Crippen LogP contribution is -2.10. The predicted octanol–water partition coefficient (Wildman–Crippen LogP) is 21.6. The van der Waals surface area contributed by atoms with Gasteiger partial charge in [-0.05, 0) is 106 Å². The van der Waals surface area contributed by atoms with E-state index in [1.807, 2.05) is 168 Å². The van der Waals surface area contributed by atoms with Gasteiger partial charge in [-0.3, -0.25) is 0 Å². The lowest BCUT2D eigenvalue weighted by atomic mass is 9.89. The molecule has 0 bridgehead atoms. The third-order valence-electron chi connectivity index (χ3n) is 16.5. The summed E-state index contributed by atoms with van der Waals surface area (Å²) >= 11 is 0. The molecule has 17 rings (SSSR count). The van der Waals surface area contributed by atoms with Gasteiger partial charge in [0.25, 0.3) is 0 Å². The zero-order valence-electron chi connectivity index (χ0n) is 53.9. The van der Waals surface area contributed by atoms with E-state index in [1.165, 1.54) is 0 Å². The lowest BCUT2D eigenvalue weighted by Gasteiger charge is -2.27. The maximum absolute atomic E-state index is 9.64. The zero-order chi connectivity index (χ0) is 62.5. The van der Waals surface area contributed by atoms with Crippen LogP contribution in [0.4, 0.5) is 34.1 Å². The summed E-state index contributed by atoms with van der Waals surface area (Å²) in [5.74, 6) is 0. The summed E-state index contributed by atoms with van der Waals surface area (Å²) in [6, 6.07) is 77.7. The molecule has 0 aliphatic rings. The van der Waals surface area contributed by atoms with E-state index in [4.69, 9.17) is 8.22 Å². The van der Waals surface area contributed by atoms with Crippen molar-refractivity contribution in [2.24, 2.45) is 0 Å². The van der Waals surface area contributed by atoms with E-state index >= 15 is 0 Å². The quantitative estimate of drug-likeness (QED) is 0.136. The van der Waals surface area contributed by atoms with Crippen LogP contribution < -0.4 is 9.80 Å². The Labute approximate surface area is 488 Å². The molecule has 0 atom stereocenters. The molecule has 382 valence electrons. The summed E-state index contributed by atoms with van der Waals surface area (Å²) in [5.41, 5.74) is 15.5. The molecule has 0 saturated heterocycles. The highest BCUT2D eigenvalue weighted by Gasteiger charge is 2.33. The van der Waals surface area contributed by atoms with E-state index in [-0.39, 0.29) is 35.5 Å². The first-order valence-electron chi connectivity index (χ1n) is 32.4. The zero-order valence-corrected chi connectivity index (χ0v) is 43.9. The third-order valence-corrected chi connectivity index (χ3v) is 16.5. The van der Waals surface area contributed by atoms with Gasteiger partial charge in [-0.15, -0.1) is 0 Å². The molecule has 0 aliphatic heterocycles. The Bertz CT molecular complexity index is 5470. The van der Waals surface area contributed by atoms with Crippen LogP contribution in [0.2, 0.25) is 0 Å². The Kier molecular flexibility index (Phi) is 8.27. The lowest BCUT2D eigenvalue weighted by molar-refractivity contribution is 1.30. The molecule has 0 amide bonds. The van der Waals surface area contributed by atoms with Gasteiger partial charge in [-0.25, -0.2) is 0 Å². The molecular formula is C78H50N4. The van der Waals surface area contributed by atoms with Crippen molar-refractivity contribution < 1.29 is 13.7 Å². The van der Waals surface area contributed by atoms with Crippen molar-refractivity contribution in [1.82, 2.24) is 8.80 Å². The monoisotopic (exact) mass is 1050 g/mol. The van der Waals surface area contributed by atoms with Crippen LogP contribution in [0.15, 0.2) is 303 Å². The maximum Gasteiger partial charge on any atom is 0.0645 e. The second-order valence-electron chi connectivity index (χ2n) is 20.8. The van der Waals surface area contributed by atoms with Crippen molar-refractivity contribution in [3.63, 3.8) is 0 Å². The first-order valence-corrected chi connectivity index (χ1v) is 27.4. The molecule has 82 heavy (non-hydrogen) atoms. The van der Waals surface area contributed by atoms with Gasteiger partial charge in [0.1, 0.15) is 0 Å². The van der Waals surface area contributed by atoms with Crippen LogP contribution >= 0.6 is 0 Å². The van der Waals surface area contributed by atoms with Crippen LogP contribution in [0.5, 0.6) is 0 Å². The van der Waals surface area contributed by atoms with Crippen molar-refractivity contribution >= 4 is 110 Å². The molecule has 13 aromatic carbocycles. The highest BCUT2D eigenvalue weighted by molar-refractivity contribution is 6.39. The largest absolute Gasteiger partial charge is 0.310 e. The first-order chi connectivity index (χ1) is 44.9. The van der Waals surface area contributed by atoms with E-state index in [0.717, 1.165) is 121 Å². The Morgan fingerprint density at radius 2 is 0.610 bits per heavy atom. The fourth-order valence-corrected chi connectivity index (χ4v) is 13.3. The van der Waals surface area contributed by atoms with Crippen molar-refractivity contribution in [2.45, 2.75) is 0 Å². The minimum Gasteiger partial charge on any atom is -0.310 e. The second kappa shape index (κ2) is 18.3. The average molecular weight is 1050 g/mol. The van der Waals surface area contributed by atoms with Crippen molar-refractivity contribution in [3.8, 4) is 44.5 Å². The molecule has 4 aromatic heterocycles. The SMILES string of the molecule is [2H]c1c([2H])c([2H])c(N(c2cccc(-c3ccccc3)c2)c2ccc3c4c(-c5ccccc5)c5c(c(-c6ccccc6)c4n4c6ccccc6c2c34)c2ccc(N(c3cccc(-c4ccccc4)c3)c3c([2H])c([2H])c([2H])c([2H])c3[2H])c3c4ccccc4n5c23)c([2H])c1[2H]. The molecule has 0 N–H and O–H groups in total. The van der Waals surface area contributed by atoms with Crippen LogP contribution in [0.25, 0.3) is 121 Å². The summed E-state index contributed by atoms with van der Waals surface area (Å²) in [6.45, 7) is 0. The summed E-state index contributed by atoms with van der Waals surface area (Å²) < 4.78 is 97.1. The molecule has 0 saturated carbocycles. The minimum absolute atomic E-state index is 0.0197. The highest BCUT2D eigenvalue weighted by atomic mass is 15.2. The molecule has 0 aliphatic carbocycles. The average Bonchev–Trinajstić information content (AvgIpc) is 1.49. The Balaban J connectivity index is 1.06. The molecule has 0 radical (unpaired) electrons. The van der Waals surface area contributed by atoms with E-state index < -0.39 is 36.3 Å². The van der Waals surface area contributed by atoms with Gasteiger partial charge in [-0.2, -0.15) is 0 Å². The van der Waals surface area contributed by atoms with Gasteiger partial charge in [0, 0.05) is 77.0 Å². The number of nitrogens with zero attached hydrogens (tertiary/aromatic N) is 4. The fourth-order valence-electron chi connectivity index (χ4n) is 13.3. The first kappa shape index (κ1) is 37.0. The van der Waals surface area contributed by atoms with Gasteiger partial charge in [-0.1, -0.05) is 230 Å². The van der Waals surface area contributed by atoms with E-state index in [2.05, 4.69) is 93.7 Å². The second-order valence-corrected chi connectivity index (χ2v) is 20.8. The van der Waals surface area contributed by atoms with Crippen LogP contribution in [0.1, 0.15) is 13.7 Å². The standard InChI is InChI=1S/C78H50N4/c1-7-25-51(26-8-1)55-33-23-39-59(49-55)79(57-35-15-5-16-36-57)67-47-45-63-73-69(53-29-11-3-12-30-53)78-74(70(54-31-13-4-14-32-54)77(73)81-65-43-21-19-41-61(65)71(67)75(63)81)64-46-48-68(72-62-42-20-22-44-66(62)82(78)76(64)72)80(58-37-17-6-18-38-58)60-40-24-34-56(50-60)52-27-9-2-10-28-52/h1-50H/i5D,6D,15D,16D,17D,18D,35D,36D,37D,38D. The van der Waals surface area contributed by atoms with Gasteiger partial charge >= 0.3 is 0 Å². The number of aromatic nitrogens is 2. The number of rotatable bonds is 10. The van der Waals surface area contributed by atoms with Crippen LogP contribution in [0, 0.1) is 0 Å². The third kappa shape index (κ3) is 6.79. The summed E-state index contributed by atoms with van der Waals surface area (Å²) in [4.78, 5) is 3.70. The molecule has 0 fully saturated rings. The Hall–Kier alpha value is -10.9. The van der Waals surface area contributed by atoms with Crippen LogP contribution in [-0.4, -0.2) is 8.80 Å². The summed E-state index contributed by atoms with van der Waals surface area (Å²) in [6.07, 6.45) is 0. The smallest absolute Gasteiger partial charge is 0.0645 e. The fraction of sp³-hybridized carbons (Fsp3) is 0. The summed E-state index contributed by atoms with van der Waals surface area (Å²) in [5, 5.41) is 7.27. The molecule has 17 aromatic rings. The van der Waals surface area contributed by atoms with E-state index in [9.17, 15) is 5.48 Å². The van der Waals surface area contributed by atoms with E-state index in [0.29, 0.717) is 22.7 Å². The highest BCUT2D eigenvalue weighted by Crippen LogP contribution is 2.57. The number of para-hydroxylation sites is 4. The van der Waals surface area contributed by atoms with Gasteiger partial charge in [0.15, 0.2) is 0 Å². The normalized spacial score (nSPS) is 13.6. The van der Waals surface area contributed by atoms with Crippen molar-refractivity contribution in [1.29, 1.82) is 0 Å². The summed E-state index contributed by atoms with van der Waals surface area (Å²) in [7, 11) is 0. The van der Waals surface area contributed by atoms with Crippen LogP contribution in [0.3, 0.4) is 0 Å². The Morgan fingerprint density at radius 3 is 1.01 bits per heavy atom. The van der Waals surface area contributed by atoms with Crippen LogP contribution in [-0.2, 0) is 0 Å². The number of anilines is 6.